The van der Waals surface area contributed by atoms with Gasteiger partial charge in [0.15, 0.2) is 5.78 Å². The highest BCUT2D eigenvalue weighted by molar-refractivity contribution is 6.01. The van der Waals surface area contributed by atoms with Crippen LogP contribution in [0.15, 0.2) is 36.4 Å². The van der Waals surface area contributed by atoms with Gasteiger partial charge in [0.1, 0.15) is 28.6 Å². The van der Waals surface area contributed by atoms with Crippen molar-refractivity contribution in [1.29, 1.82) is 0 Å². The van der Waals surface area contributed by atoms with Gasteiger partial charge in [0, 0.05) is 37.6 Å². The highest BCUT2D eigenvalue weighted by Gasteiger charge is 2.43. The maximum Gasteiger partial charge on any atom is 0.254 e. The number of piperidine rings is 1. The first-order chi connectivity index (χ1) is 14.5. The number of hydrogen-bond donors (Lipinski definition) is 0. The molecule has 1 saturated heterocycles. The Kier molecular flexibility index (Phi) is 5.28. The number of Topliss-reactive ketones (excluding diaryl/α,β-unsaturated/α-hetero) is 1. The van der Waals surface area contributed by atoms with Crippen LogP contribution in [0.25, 0.3) is 0 Å². The largest absolute Gasteiger partial charge is 0.497 e. The van der Waals surface area contributed by atoms with E-state index in [-0.39, 0.29) is 11.7 Å². The molecule has 30 heavy (non-hydrogen) atoms. The molecule has 0 aliphatic carbocycles. The molecule has 0 radical (unpaired) electrons. The summed E-state index contributed by atoms with van der Waals surface area (Å²) in [6, 6.07) is 10.4. The van der Waals surface area contributed by atoms with E-state index in [2.05, 4.69) is 0 Å². The van der Waals surface area contributed by atoms with Crippen molar-refractivity contribution >= 4 is 11.7 Å². The maximum absolute atomic E-state index is 13.0. The fourth-order valence-electron chi connectivity index (χ4n) is 4.11. The number of rotatable bonds is 4. The predicted molar refractivity (Wildman–Crippen MR) is 110 cm³/mol. The Morgan fingerprint density at radius 2 is 1.57 bits per heavy atom. The van der Waals surface area contributed by atoms with Crippen molar-refractivity contribution in [3.63, 3.8) is 0 Å². The minimum atomic E-state index is -0.568. The summed E-state index contributed by atoms with van der Waals surface area (Å²) in [5.74, 6) is 2.32. The summed E-state index contributed by atoms with van der Waals surface area (Å²) in [5, 5.41) is 0. The number of benzene rings is 2. The quantitative estimate of drug-likeness (QED) is 0.768. The normalized spacial score (nSPS) is 17.2. The molecule has 1 fully saturated rings. The summed E-state index contributed by atoms with van der Waals surface area (Å²) in [6.07, 6.45) is 1.50. The lowest BCUT2D eigenvalue weighted by Crippen LogP contribution is -2.52. The lowest BCUT2D eigenvalue weighted by Gasteiger charge is -2.44. The van der Waals surface area contributed by atoms with Crippen molar-refractivity contribution in [1.82, 2.24) is 4.90 Å². The first-order valence-electron chi connectivity index (χ1n) is 9.89. The molecule has 0 unspecified atom stereocenters. The van der Waals surface area contributed by atoms with Crippen LogP contribution in [0, 0.1) is 0 Å². The number of fused-ring (bicyclic) bond motifs is 1. The number of ether oxygens (including phenoxy) is 4. The van der Waals surface area contributed by atoms with Crippen LogP contribution in [0.3, 0.4) is 0 Å². The van der Waals surface area contributed by atoms with E-state index in [1.165, 1.54) is 0 Å². The average molecular weight is 411 g/mol. The maximum atomic E-state index is 13.0. The molecule has 158 valence electrons. The Morgan fingerprint density at radius 3 is 2.17 bits per heavy atom. The first-order valence-corrected chi connectivity index (χ1v) is 9.89. The van der Waals surface area contributed by atoms with Crippen LogP contribution in [-0.4, -0.2) is 56.6 Å². The number of amides is 1. The Balaban J connectivity index is 1.48. The zero-order chi connectivity index (χ0) is 21.3. The second kappa shape index (κ2) is 7.89. The molecule has 0 atom stereocenters. The van der Waals surface area contributed by atoms with Crippen molar-refractivity contribution in [3.05, 3.63) is 47.5 Å². The van der Waals surface area contributed by atoms with E-state index < -0.39 is 5.60 Å². The minimum Gasteiger partial charge on any atom is -0.497 e. The van der Waals surface area contributed by atoms with Crippen LogP contribution in [0.1, 0.15) is 40.0 Å². The molecule has 1 spiro atoms. The van der Waals surface area contributed by atoms with Crippen LogP contribution in [0.2, 0.25) is 0 Å². The fourth-order valence-corrected chi connectivity index (χ4v) is 4.11. The summed E-state index contributed by atoms with van der Waals surface area (Å²) in [5.41, 5.74) is 0.504. The SMILES string of the molecule is COc1cc(OC)cc(C(=O)N2CCC3(CC2)CC(=O)c2cc(OC)ccc2O3)c1. The number of hydrogen-bond acceptors (Lipinski definition) is 6. The highest BCUT2D eigenvalue weighted by Crippen LogP contribution is 2.40. The molecule has 0 saturated carbocycles. The van der Waals surface area contributed by atoms with Crippen molar-refractivity contribution in [3.8, 4) is 23.0 Å². The summed E-state index contributed by atoms with van der Waals surface area (Å²) < 4.78 is 22.0. The molecular formula is C23H25NO6. The molecule has 1 amide bonds. The molecule has 0 N–H and O–H groups in total. The van der Waals surface area contributed by atoms with Gasteiger partial charge in [-0.15, -0.1) is 0 Å². The van der Waals surface area contributed by atoms with Gasteiger partial charge in [0.2, 0.25) is 0 Å². The summed E-state index contributed by atoms with van der Waals surface area (Å²) in [7, 11) is 4.68. The zero-order valence-corrected chi connectivity index (χ0v) is 17.4. The Morgan fingerprint density at radius 1 is 0.933 bits per heavy atom. The number of carbonyl (C=O) groups excluding carboxylic acids is 2. The molecule has 7 heteroatoms. The zero-order valence-electron chi connectivity index (χ0n) is 17.4. The molecule has 7 nitrogen and oxygen atoms in total. The third-order valence-corrected chi connectivity index (χ3v) is 5.86. The van der Waals surface area contributed by atoms with E-state index in [0.717, 1.165) is 0 Å². The fraction of sp³-hybridized carbons (Fsp3) is 0.391. The van der Waals surface area contributed by atoms with Crippen LogP contribution in [-0.2, 0) is 0 Å². The van der Waals surface area contributed by atoms with Crippen molar-refractivity contribution in [2.45, 2.75) is 24.9 Å². The van der Waals surface area contributed by atoms with Gasteiger partial charge in [-0.3, -0.25) is 9.59 Å². The Hall–Kier alpha value is -3.22. The molecule has 2 aromatic carbocycles. The van der Waals surface area contributed by atoms with Crippen molar-refractivity contribution in [2.75, 3.05) is 34.4 Å². The van der Waals surface area contributed by atoms with Gasteiger partial charge in [-0.2, -0.15) is 0 Å². The van der Waals surface area contributed by atoms with Crippen LogP contribution in [0.5, 0.6) is 23.0 Å². The first kappa shape index (κ1) is 20.1. The third kappa shape index (κ3) is 3.67. The van der Waals surface area contributed by atoms with Gasteiger partial charge in [0.05, 0.1) is 33.3 Å². The number of nitrogens with zero attached hydrogens (tertiary/aromatic N) is 1. The van der Waals surface area contributed by atoms with Gasteiger partial charge < -0.3 is 23.8 Å². The minimum absolute atomic E-state index is 0.0486. The van der Waals surface area contributed by atoms with E-state index >= 15 is 0 Å². The second-order valence-electron chi connectivity index (χ2n) is 7.64. The highest BCUT2D eigenvalue weighted by atomic mass is 16.5. The van der Waals surface area contributed by atoms with Gasteiger partial charge in [-0.25, -0.2) is 0 Å². The number of ketones is 1. The number of likely N-dealkylation sites (tertiary alicyclic amines) is 1. The summed E-state index contributed by atoms with van der Waals surface area (Å²) >= 11 is 0. The monoisotopic (exact) mass is 411 g/mol. The second-order valence-corrected chi connectivity index (χ2v) is 7.64. The topological polar surface area (TPSA) is 74.3 Å². The predicted octanol–water partition coefficient (Wildman–Crippen LogP) is 3.35. The van der Waals surface area contributed by atoms with E-state index in [1.54, 1.807) is 62.6 Å². The van der Waals surface area contributed by atoms with E-state index in [9.17, 15) is 9.59 Å². The molecule has 4 rings (SSSR count). The molecular weight excluding hydrogens is 386 g/mol. The molecule has 2 aliphatic rings. The number of carbonyl (C=O) groups is 2. The molecule has 2 heterocycles. The van der Waals surface area contributed by atoms with Crippen LogP contribution < -0.4 is 18.9 Å². The van der Waals surface area contributed by atoms with Gasteiger partial charge in [-0.05, 0) is 30.3 Å². The molecule has 0 aromatic heterocycles. The smallest absolute Gasteiger partial charge is 0.254 e. The Bertz CT molecular complexity index is 955. The lowest BCUT2D eigenvalue weighted by atomic mass is 9.82. The standard InChI is InChI=1S/C23H25NO6/c1-27-16-4-5-21-19(13-16)20(25)14-23(30-21)6-8-24(9-7-23)22(26)15-10-17(28-2)12-18(11-15)29-3/h4-5,10-13H,6-9,14H2,1-3H3. The van der Waals surface area contributed by atoms with Gasteiger partial charge in [0.25, 0.3) is 5.91 Å². The van der Waals surface area contributed by atoms with Crippen LogP contribution >= 0.6 is 0 Å². The molecule has 2 aliphatic heterocycles. The van der Waals surface area contributed by atoms with Gasteiger partial charge in [-0.1, -0.05) is 0 Å². The Labute approximate surface area is 175 Å². The molecule has 0 bridgehead atoms. The average Bonchev–Trinajstić information content (AvgIpc) is 2.78. The van der Waals surface area contributed by atoms with Gasteiger partial charge >= 0.3 is 0 Å². The summed E-state index contributed by atoms with van der Waals surface area (Å²) in [6.45, 7) is 1.02. The van der Waals surface area contributed by atoms with E-state index in [1.807, 2.05) is 0 Å². The van der Waals surface area contributed by atoms with E-state index in [4.69, 9.17) is 18.9 Å². The molecule has 2 aromatic rings. The van der Waals surface area contributed by atoms with Crippen LogP contribution in [0.4, 0.5) is 0 Å². The van der Waals surface area contributed by atoms with E-state index in [0.29, 0.717) is 66.5 Å². The third-order valence-electron chi connectivity index (χ3n) is 5.86. The summed E-state index contributed by atoms with van der Waals surface area (Å²) in [4.78, 5) is 27.6. The van der Waals surface area contributed by atoms with Crippen molar-refractivity contribution < 1.29 is 28.5 Å². The van der Waals surface area contributed by atoms with Crippen molar-refractivity contribution in [2.24, 2.45) is 0 Å². The lowest BCUT2D eigenvalue weighted by molar-refractivity contribution is -0.00578. The number of methoxy groups -OCH3 is 3.